The molecule has 2 amide bonds. The van der Waals surface area contributed by atoms with Gasteiger partial charge < -0.3 is 5.11 Å². The Morgan fingerprint density at radius 3 is 2.45 bits per heavy atom. The summed E-state index contributed by atoms with van der Waals surface area (Å²) >= 11 is 11.9. The smallest absolute Gasteiger partial charge is 0.296 e. The van der Waals surface area contributed by atoms with Gasteiger partial charge in [-0.15, -0.1) is 0 Å². The number of carbonyl (C=O) groups excluding carboxylic acids is 2. The van der Waals surface area contributed by atoms with Gasteiger partial charge in [-0.05, 0) is 18.6 Å². The van der Waals surface area contributed by atoms with Crippen LogP contribution in [0.4, 0.5) is 0 Å². The van der Waals surface area contributed by atoms with Crippen LogP contribution in [-0.2, 0) is 9.59 Å². The van der Waals surface area contributed by atoms with Crippen LogP contribution < -0.4 is 0 Å². The number of aliphatic hydroxyl groups excluding tert-OH is 1. The third-order valence-corrected chi connectivity index (χ3v) is 4.13. The molecule has 0 fully saturated rings. The zero-order valence-corrected chi connectivity index (χ0v) is 13.7. The molecule has 0 aromatic heterocycles. The molecular formula is C16H17Cl2NO3. The Morgan fingerprint density at radius 1 is 1.09 bits per heavy atom. The van der Waals surface area contributed by atoms with E-state index in [1.165, 1.54) is 12.1 Å². The van der Waals surface area contributed by atoms with Crippen LogP contribution in [0.15, 0.2) is 24.0 Å². The first-order chi connectivity index (χ1) is 10.5. The first-order valence-electron chi connectivity index (χ1n) is 7.22. The van der Waals surface area contributed by atoms with E-state index in [2.05, 4.69) is 6.92 Å². The van der Waals surface area contributed by atoms with Crippen molar-refractivity contribution >= 4 is 40.6 Å². The fourth-order valence-corrected chi connectivity index (χ4v) is 2.90. The Hall–Kier alpha value is -1.52. The third kappa shape index (κ3) is 3.28. The van der Waals surface area contributed by atoms with Crippen LogP contribution in [-0.4, -0.2) is 28.4 Å². The Balaban J connectivity index is 2.22. The monoisotopic (exact) mass is 341 g/mol. The Labute approximate surface area is 139 Å². The van der Waals surface area contributed by atoms with E-state index in [-0.39, 0.29) is 10.6 Å². The third-order valence-electron chi connectivity index (χ3n) is 3.58. The number of halogens is 2. The molecule has 1 aromatic rings. The van der Waals surface area contributed by atoms with Crippen LogP contribution in [0.25, 0.3) is 5.57 Å². The minimum absolute atomic E-state index is 0.0536. The van der Waals surface area contributed by atoms with Crippen LogP contribution in [0.5, 0.6) is 0 Å². The van der Waals surface area contributed by atoms with E-state index in [0.29, 0.717) is 17.1 Å². The number of unbranched alkanes of at least 4 members (excludes halogenated alkanes) is 3. The van der Waals surface area contributed by atoms with Crippen molar-refractivity contribution in [3.05, 3.63) is 39.6 Å². The maximum Gasteiger partial charge on any atom is 0.296 e. The second-order valence-corrected chi connectivity index (χ2v) is 6.01. The summed E-state index contributed by atoms with van der Waals surface area (Å²) in [5, 5.41) is 10.7. The van der Waals surface area contributed by atoms with Crippen LogP contribution >= 0.6 is 23.2 Å². The first-order valence-corrected chi connectivity index (χ1v) is 7.97. The van der Waals surface area contributed by atoms with Crippen molar-refractivity contribution in [3.8, 4) is 0 Å². The van der Waals surface area contributed by atoms with Gasteiger partial charge in [0.1, 0.15) is 0 Å². The average Bonchev–Trinajstić information content (AvgIpc) is 2.68. The molecule has 22 heavy (non-hydrogen) atoms. The second kappa shape index (κ2) is 7.16. The van der Waals surface area contributed by atoms with Gasteiger partial charge in [-0.1, -0.05) is 55.5 Å². The minimum Gasteiger partial charge on any atom is -0.502 e. The van der Waals surface area contributed by atoms with Crippen molar-refractivity contribution < 1.29 is 14.7 Å². The molecule has 1 aliphatic rings. The number of nitrogens with zero attached hydrogens (tertiary/aromatic N) is 1. The van der Waals surface area contributed by atoms with Gasteiger partial charge in [-0.3, -0.25) is 14.5 Å². The molecule has 1 aromatic carbocycles. The number of imide groups is 1. The predicted molar refractivity (Wildman–Crippen MR) is 86.9 cm³/mol. The van der Waals surface area contributed by atoms with Crippen molar-refractivity contribution in [2.75, 3.05) is 6.54 Å². The van der Waals surface area contributed by atoms with E-state index in [9.17, 15) is 14.7 Å². The number of aliphatic hydroxyl groups is 1. The highest BCUT2D eigenvalue weighted by Gasteiger charge is 2.39. The summed E-state index contributed by atoms with van der Waals surface area (Å²) in [6.07, 6.45) is 3.77. The van der Waals surface area contributed by atoms with E-state index in [4.69, 9.17) is 23.2 Å². The molecule has 4 nitrogen and oxygen atoms in total. The summed E-state index contributed by atoms with van der Waals surface area (Å²) in [5.41, 5.74) is 0.264. The van der Waals surface area contributed by atoms with Gasteiger partial charge in [0.25, 0.3) is 11.8 Å². The van der Waals surface area contributed by atoms with Gasteiger partial charge in [0, 0.05) is 17.1 Å². The van der Waals surface area contributed by atoms with Crippen molar-refractivity contribution in [1.29, 1.82) is 0 Å². The number of rotatable bonds is 6. The quantitative estimate of drug-likeness (QED) is 0.622. The molecule has 0 aliphatic carbocycles. The van der Waals surface area contributed by atoms with Crippen LogP contribution in [0.3, 0.4) is 0 Å². The van der Waals surface area contributed by atoms with Crippen LogP contribution in [0.2, 0.25) is 10.0 Å². The molecule has 2 rings (SSSR count). The maximum absolute atomic E-state index is 12.4. The van der Waals surface area contributed by atoms with Gasteiger partial charge in [0.05, 0.1) is 10.6 Å². The Kier molecular flexibility index (Phi) is 5.48. The molecule has 1 heterocycles. The predicted octanol–water partition coefficient (Wildman–Crippen LogP) is 4.21. The fraction of sp³-hybridized carbons (Fsp3) is 0.375. The first kappa shape index (κ1) is 16.8. The molecule has 118 valence electrons. The molecule has 6 heteroatoms. The summed E-state index contributed by atoms with van der Waals surface area (Å²) < 4.78 is 0. The van der Waals surface area contributed by atoms with Gasteiger partial charge in [0.2, 0.25) is 0 Å². The minimum atomic E-state index is -0.664. The lowest BCUT2D eigenvalue weighted by atomic mass is 10.1. The van der Waals surface area contributed by atoms with Crippen LogP contribution in [0, 0.1) is 0 Å². The summed E-state index contributed by atoms with van der Waals surface area (Å²) in [5.74, 6) is -1.73. The number of hydrogen-bond acceptors (Lipinski definition) is 3. The number of benzene rings is 1. The van der Waals surface area contributed by atoms with Gasteiger partial charge in [-0.25, -0.2) is 0 Å². The molecular weight excluding hydrogens is 325 g/mol. The fourth-order valence-electron chi connectivity index (χ4n) is 2.40. The van der Waals surface area contributed by atoms with E-state index < -0.39 is 17.6 Å². The van der Waals surface area contributed by atoms with Crippen molar-refractivity contribution in [3.63, 3.8) is 0 Å². The van der Waals surface area contributed by atoms with Crippen molar-refractivity contribution in [2.24, 2.45) is 0 Å². The lowest BCUT2D eigenvalue weighted by molar-refractivity contribution is -0.138. The van der Waals surface area contributed by atoms with E-state index in [1.807, 2.05) is 0 Å². The topological polar surface area (TPSA) is 57.6 Å². The summed E-state index contributed by atoms with van der Waals surface area (Å²) in [6, 6.07) is 4.56. The molecule has 0 saturated carbocycles. The molecule has 0 bridgehead atoms. The van der Waals surface area contributed by atoms with Crippen molar-refractivity contribution in [2.45, 2.75) is 32.6 Å². The highest BCUT2D eigenvalue weighted by molar-refractivity contribution is 6.40. The standard InChI is InChI=1S/C16H17Cl2NO3/c1-2-3-4-5-8-19-15(21)13(14(20)16(19)22)11-7-6-10(17)9-12(11)18/h6-7,9,20H,2-5,8H2,1H3. The van der Waals surface area contributed by atoms with Crippen LogP contribution in [0.1, 0.15) is 38.2 Å². The Bertz CT molecular complexity index is 640. The highest BCUT2D eigenvalue weighted by atomic mass is 35.5. The van der Waals surface area contributed by atoms with Crippen molar-refractivity contribution in [1.82, 2.24) is 4.90 Å². The maximum atomic E-state index is 12.4. The molecule has 0 spiro atoms. The van der Waals surface area contributed by atoms with Gasteiger partial charge >= 0.3 is 0 Å². The molecule has 0 atom stereocenters. The molecule has 0 saturated heterocycles. The molecule has 1 N–H and O–H groups in total. The van der Waals surface area contributed by atoms with Gasteiger partial charge in [-0.2, -0.15) is 0 Å². The SMILES string of the molecule is CCCCCCN1C(=O)C(O)=C(c2ccc(Cl)cc2Cl)C1=O. The lowest BCUT2D eigenvalue weighted by Gasteiger charge is -2.14. The average molecular weight is 342 g/mol. The number of hydrogen-bond donors (Lipinski definition) is 1. The molecule has 1 aliphatic heterocycles. The largest absolute Gasteiger partial charge is 0.502 e. The summed E-state index contributed by atoms with van der Waals surface area (Å²) in [4.78, 5) is 25.6. The summed E-state index contributed by atoms with van der Waals surface area (Å²) in [6.45, 7) is 2.39. The second-order valence-electron chi connectivity index (χ2n) is 5.17. The van der Waals surface area contributed by atoms with Gasteiger partial charge in [0.15, 0.2) is 5.76 Å². The molecule has 0 radical (unpaired) electrons. The zero-order valence-electron chi connectivity index (χ0n) is 12.2. The van der Waals surface area contributed by atoms with E-state index in [1.54, 1.807) is 6.07 Å². The van der Waals surface area contributed by atoms with E-state index >= 15 is 0 Å². The van der Waals surface area contributed by atoms with E-state index in [0.717, 1.165) is 30.6 Å². The number of amides is 2. The normalized spacial score (nSPS) is 15.1. The Morgan fingerprint density at radius 2 is 1.82 bits per heavy atom. The molecule has 0 unspecified atom stereocenters. The number of carbonyl (C=O) groups is 2. The highest BCUT2D eigenvalue weighted by Crippen LogP contribution is 2.33. The summed E-state index contributed by atoms with van der Waals surface area (Å²) in [7, 11) is 0. The zero-order chi connectivity index (χ0) is 16.3. The lowest BCUT2D eigenvalue weighted by Crippen LogP contribution is -2.32.